The van der Waals surface area contributed by atoms with Crippen LogP contribution >= 0.6 is 11.6 Å². The Morgan fingerprint density at radius 1 is 1.14 bits per heavy atom. The van der Waals surface area contributed by atoms with E-state index in [9.17, 15) is 9.59 Å². The molecule has 0 aliphatic heterocycles. The van der Waals surface area contributed by atoms with Crippen LogP contribution in [0.1, 0.15) is 32.3 Å². The Kier molecular flexibility index (Phi) is 7.74. The molecular weight excluding hydrogens is 304 g/mol. The summed E-state index contributed by atoms with van der Waals surface area (Å²) in [6.45, 7) is 6.52. The zero-order valence-electron chi connectivity index (χ0n) is 13.2. The Morgan fingerprint density at radius 3 is 2.41 bits per heavy atom. The number of nitrogens with one attached hydrogen (secondary N) is 2. The molecule has 2 N–H and O–H groups in total. The molecule has 0 radical (unpaired) electrons. The van der Waals surface area contributed by atoms with Crippen molar-refractivity contribution >= 4 is 23.4 Å². The van der Waals surface area contributed by atoms with Gasteiger partial charge in [-0.15, -0.1) is 11.6 Å². The van der Waals surface area contributed by atoms with Gasteiger partial charge in [-0.25, -0.2) is 0 Å². The van der Waals surface area contributed by atoms with Crippen molar-refractivity contribution in [3.63, 3.8) is 0 Å². The zero-order chi connectivity index (χ0) is 16.5. The zero-order valence-corrected chi connectivity index (χ0v) is 13.9. The fraction of sp³-hybridized carbons (Fsp3) is 0.500. The normalized spacial score (nSPS) is 11.9. The fourth-order valence-electron chi connectivity index (χ4n) is 1.89. The molecular formula is C16H23ClN2O3. The second-order valence-electron chi connectivity index (χ2n) is 5.23. The van der Waals surface area contributed by atoms with E-state index in [1.54, 1.807) is 6.92 Å². The van der Waals surface area contributed by atoms with Gasteiger partial charge >= 0.3 is 0 Å². The second kappa shape index (κ2) is 9.30. The van der Waals surface area contributed by atoms with Crippen molar-refractivity contribution in [3.05, 3.63) is 29.8 Å². The Bertz CT molecular complexity index is 506. The maximum absolute atomic E-state index is 12.0. The summed E-state index contributed by atoms with van der Waals surface area (Å²) in [6.07, 6.45) is -0.608. The van der Waals surface area contributed by atoms with Crippen LogP contribution in [0.15, 0.2) is 24.3 Å². The van der Waals surface area contributed by atoms with Gasteiger partial charge in [0.25, 0.3) is 5.91 Å². The number of hydrogen-bond acceptors (Lipinski definition) is 3. The summed E-state index contributed by atoms with van der Waals surface area (Å²) in [4.78, 5) is 22.9. The number of benzene rings is 1. The SMILES string of the molecule is CC(Oc1ccccc1C(C)C)C(=O)NCCNC(=O)CCl. The largest absolute Gasteiger partial charge is 0.481 e. The molecule has 0 heterocycles. The monoisotopic (exact) mass is 326 g/mol. The number of ether oxygens (including phenoxy) is 1. The van der Waals surface area contributed by atoms with Gasteiger partial charge in [-0.3, -0.25) is 9.59 Å². The van der Waals surface area contributed by atoms with Crippen LogP contribution in [-0.4, -0.2) is 36.9 Å². The Morgan fingerprint density at radius 2 is 1.77 bits per heavy atom. The minimum atomic E-state index is -0.608. The van der Waals surface area contributed by atoms with Crippen molar-refractivity contribution in [1.82, 2.24) is 10.6 Å². The molecule has 0 fully saturated rings. The molecule has 22 heavy (non-hydrogen) atoms. The van der Waals surface area contributed by atoms with Gasteiger partial charge in [0.05, 0.1) is 0 Å². The lowest BCUT2D eigenvalue weighted by Crippen LogP contribution is -2.41. The summed E-state index contributed by atoms with van der Waals surface area (Å²) in [7, 11) is 0. The van der Waals surface area contributed by atoms with E-state index < -0.39 is 6.10 Å². The summed E-state index contributed by atoms with van der Waals surface area (Å²) in [5, 5.41) is 5.28. The summed E-state index contributed by atoms with van der Waals surface area (Å²) in [5.41, 5.74) is 1.07. The highest BCUT2D eigenvalue weighted by Gasteiger charge is 2.16. The van der Waals surface area contributed by atoms with E-state index in [0.717, 1.165) is 11.3 Å². The minimum Gasteiger partial charge on any atom is -0.481 e. The van der Waals surface area contributed by atoms with Gasteiger partial charge in [0, 0.05) is 13.1 Å². The fourth-order valence-corrected chi connectivity index (χ4v) is 1.98. The first kappa shape index (κ1) is 18.3. The molecule has 5 nitrogen and oxygen atoms in total. The highest BCUT2D eigenvalue weighted by Crippen LogP contribution is 2.26. The summed E-state index contributed by atoms with van der Waals surface area (Å²) in [5.74, 6) is 0.469. The van der Waals surface area contributed by atoms with Gasteiger partial charge in [0.1, 0.15) is 11.6 Å². The average molecular weight is 327 g/mol. The molecule has 0 aromatic heterocycles. The van der Waals surface area contributed by atoms with Crippen molar-refractivity contribution in [2.75, 3.05) is 19.0 Å². The number of carbonyl (C=O) groups excluding carboxylic acids is 2. The Hall–Kier alpha value is -1.75. The molecule has 6 heteroatoms. The Balaban J connectivity index is 2.46. The van der Waals surface area contributed by atoms with Crippen molar-refractivity contribution < 1.29 is 14.3 Å². The van der Waals surface area contributed by atoms with E-state index in [4.69, 9.17) is 16.3 Å². The third-order valence-electron chi connectivity index (χ3n) is 3.08. The van der Waals surface area contributed by atoms with E-state index in [1.807, 2.05) is 24.3 Å². The van der Waals surface area contributed by atoms with E-state index in [2.05, 4.69) is 24.5 Å². The molecule has 1 unspecified atom stereocenters. The first-order valence-electron chi connectivity index (χ1n) is 7.31. The number of carbonyl (C=O) groups is 2. The van der Waals surface area contributed by atoms with E-state index in [-0.39, 0.29) is 17.7 Å². The van der Waals surface area contributed by atoms with Crippen LogP contribution in [0, 0.1) is 0 Å². The van der Waals surface area contributed by atoms with E-state index in [0.29, 0.717) is 19.0 Å². The van der Waals surface area contributed by atoms with Gasteiger partial charge in [-0.05, 0) is 24.5 Å². The predicted molar refractivity (Wildman–Crippen MR) is 87.4 cm³/mol. The number of rotatable bonds is 8. The molecule has 0 aliphatic rings. The molecule has 0 saturated heterocycles. The molecule has 1 aromatic rings. The number of hydrogen-bond donors (Lipinski definition) is 2. The first-order chi connectivity index (χ1) is 10.5. The second-order valence-corrected chi connectivity index (χ2v) is 5.49. The molecule has 1 atom stereocenters. The molecule has 0 bridgehead atoms. The lowest BCUT2D eigenvalue weighted by atomic mass is 10.0. The van der Waals surface area contributed by atoms with Crippen LogP contribution in [-0.2, 0) is 9.59 Å². The maximum atomic E-state index is 12.0. The van der Waals surface area contributed by atoms with Gasteiger partial charge in [0.2, 0.25) is 5.91 Å². The highest BCUT2D eigenvalue weighted by molar-refractivity contribution is 6.27. The topological polar surface area (TPSA) is 67.4 Å². The number of para-hydroxylation sites is 1. The van der Waals surface area contributed by atoms with Crippen LogP contribution in [0.2, 0.25) is 0 Å². The van der Waals surface area contributed by atoms with Gasteiger partial charge in [0.15, 0.2) is 6.10 Å². The molecule has 1 aromatic carbocycles. The maximum Gasteiger partial charge on any atom is 0.260 e. The van der Waals surface area contributed by atoms with E-state index >= 15 is 0 Å². The molecule has 0 aliphatic carbocycles. The molecule has 1 rings (SSSR count). The number of halogens is 1. The Labute approximate surface area is 136 Å². The van der Waals surface area contributed by atoms with Crippen molar-refractivity contribution in [2.45, 2.75) is 32.8 Å². The smallest absolute Gasteiger partial charge is 0.260 e. The van der Waals surface area contributed by atoms with Crippen LogP contribution in [0.4, 0.5) is 0 Å². The first-order valence-corrected chi connectivity index (χ1v) is 7.85. The van der Waals surface area contributed by atoms with Crippen LogP contribution < -0.4 is 15.4 Å². The molecule has 122 valence electrons. The van der Waals surface area contributed by atoms with Crippen LogP contribution in [0.25, 0.3) is 0 Å². The molecule has 2 amide bonds. The lowest BCUT2D eigenvalue weighted by Gasteiger charge is -2.18. The quantitative estimate of drug-likeness (QED) is 0.567. The van der Waals surface area contributed by atoms with E-state index in [1.165, 1.54) is 0 Å². The standard InChI is InChI=1S/C16H23ClN2O3/c1-11(2)13-6-4-5-7-14(13)22-12(3)16(21)19-9-8-18-15(20)10-17/h4-7,11-12H,8-10H2,1-3H3,(H,18,20)(H,19,21). The van der Waals surface area contributed by atoms with Gasteiger partial charge < -0.3 is 15.4 Å². The van der Waals surface area contributed by atoms with Crippen LogP contribution in [0.3, 0.4) is 0 Å². The molecule has 0 spiro atoms. The van der Waals surface area contributed by atoms with Gasteiger partial charge in [-0.1, -0.05) is 32.0 Å². The highest BCUT2D eigenvalue weighted by atomic mass is 35.5. The number of amides is 2. The minimum absolute atomic E-state index is 0.0839. The van der Waals surface area contributed by atoms with Crippen molar-refractivity contribution in [3.8, 4) is 5.75 Å². The third kappa shape index (κ3) is 5.93. The molecule has 0 saturated carbocycles. The van der Waals surface area contributed by atoms with Crippen molar-refractivity contribution in [1.29, 1.82) is 0 Å². The predicted octanol–water partition coefficient (Wildman–Crippen LogP) is 2.05. The van der Waals surface area contributed by atoms with Crippen LogP contribution in [0.5, 0.6) is 5.75 Å². The van der Waals surface area contributed by atoms with Gasteiger partial charge in [-0.2, -0.15) is 0 Å². The summed E-state index contributed by atoms with van der Waals surface area (Å²) in [6, 6.07) is 7.69. The lowest BCUT2D eigenvalue weighted by molar-refractivity contribution is -0.127. The summed E-state index contributed by atoms with van der Waals surface area (Å²) >= 11 is 5.36. The number of alkyl halides is 1. The van der Waals surface area contributed by atoms with Crippen molar-refractivity contribution in [2.24, 2.45) is 0 Å². The average Bonchev–Trinajstić information content (AvgIpc) is 2.51. The summed E-state index contributed by atoms with van der Waals surface area (Å²) < 4.78 is 5.75. The third-order valence-corrected chi connectivity index (χ3v) is 3.32.